The molecule has 1 atom stereocenters. The first-order valence-electron chi connectivity index (χ1n) is 8.40. The van der Waals surface area contributed by atoms with E-state index in [-0.39, 0.29) is 5.75 Å². The van der Waals surface area contributed by atoms with Gasteiger partial charge >= 0.3 is 0 Å². The molecule has 0 bridgehead atoms. The Morgan fingerprint density at radius 3 is 2.86 bits per heavy atom. The first-order chi connectivity index (χ1) is 10.2. The lowest BCUT2D eigenvalue weighted by atomic mass is 9.96. The second-order valence-electron chi connectivity index (χ2n) is 6.10. The van der Waals surface area contributed by atoms with Crippen LogP contribution in [0.2, 0.25) is 0 Å². The van der Waals surface area contributed by atoms with E-state index in [1.165, 1.54) is 50.8 Å². The molecule has 1 aromatic rings. The van der Waals surface area contributed by atoms with Crippen molar-refractivity contribution in [2.24, 2.45) is 5.92 Å². The highest BCUT2D eigenvalue weighted by molar-refractivity contribution is 5.41. The van der Waals surface area contributed by atoms with Gasteiger partial charge in [-0.1, -0.05) is 25.8 Å². The molecule has 21 heavy (non-hydrogen) atoms. The summed E-state index contributed by atoms with van der Waals surface area (Å²) in [6, 6.07) is 5.73. The van der Waals surface area contributed by atoms with Gasteiger partial charge in [0, 0.05) is 6.54 Å². The van der Waals surface area contributed by atoms with Gasteiger partial charge in [-0.25, -0.2) is 0 Å². The highest BCUT2D eigenvalue weighted by atomic mass is 16.5. The number of hydrogen-bond acceptors (Lipinski definition) is 3. The van der Waals surface area contributed by atoms with E-state index in [9.17, 15) is 5.11 Å². The SMILES string of the molecule is CCCC1CCCN(Cc2ccc(O)c(OCC)c2)CC1. The second kappa shape index (κ2) is 8.28. The molecular formula is C18H29NO2. The fourth-order valence-electron chi connectivity index (χ4n) is 3.27. The summed E-state index contributed by atoms with van der Waals surface area (Å²) in [7, 11) is 0. The molecule has 0 amide bonds. The van der Waals surface area contributed by atoms with Crippen LogP contribution >= 0.6 is 0 Å². The van der Waals surface area contributed by atoms with Crippen LogP contribution in [-0.2, 0) is 6.54 Å². The number of benzene rings is 1. The average Bonchev–Trinajstić information content (AvgIpc) is 2.69. The molecule has 0 aliphatic carbocycles. The van der Waals surface area contributed by atoms with Gasteiger partial charge in [-0.05, 0) is 62.9 Å². The number of rotatable bonds is 6. The number of nitrogens with zero attached hydrogens (tertiary/aromatic N) is 1. The van der Waals surface area contributed by atoms with Crippen molar-refractivity contribution in [2.75, 3.05) is 19.7 Å². The summed E-state index contributed by atoms with van der Waals surface area (Å²) in [5, 5.41) is 9.77. The van der Waals surface area contributed by atoms with Gasteiger partial charge in [-0.15, -0.1) is 0 Å². The Labute approximate surface area is 128 Å². The monoisotopic (exact) mass is 291 g/mol. The maximum Gasteiger partial charge on any atom is 0.161 e. The first kappa shape index (κ1) is 16.2. The first-order valence-corrected chi connectivity index (χ1v) is 8.40. The van der Waals surface area contributed by atoms with Gasteiger partial charge in [0.15, 0.2) is 11.5 Å². The molecule has 1 N–H and O–H groups in total. The number of hydrogen-bond donors (Lipinski definition) is 1. The minimum atomic E-state index is 0.236. The maximum atomic E-state index is 9.77. The molecule has 118 valence electrons. The normalized spacial score (nSPS) is 20.2. The zero-order valence-corrected chi connectivity index (χ0v) is 13.5. The lowest BCUT2D eigenvalue weighted by Gasteiger charge is -2.20. The van der Waals surface area contributed by atoms with Crippen LogP contribution in [0.3, 0.4) is 0 Å². The van der Waals surface area contributed by atoms with Crippen molar-refractivity contribution in [3.63, 3.8) is 0 Å². The highest BCUT2D eigenvalue weighted by Gasteiger charge is 2.17. The third kappa shape index (κ3) is 4.92. The van der Waals surface area contributed by atoms with Gasteiger partial charge < -0.3 is 9.84 Å². The van der Waals surface area contributed by atoms with Crippen LogP contribution in [0.15, 0.2) is 18.2 Å². The molecule has 3 heteroatoms. The highest BCUT2D eigenvalue weighted by Crippen LogP contribution is 2.28. The van der Waals surface area contributed by atoms with E-state index in [0.29, 0.717) is 12.4 Å². The molecule has 0 spiro atoms. The molecular weight excluding hydrogens is 262 g/mol. The summed E-state index contributed by atoms with van der Waals surface area (Å²) in [6.07, 6.45) is 6.69. The number of phenolic OH excluding ortho intramolecular Hbond substituents is 1. The second-order valence-corrected chi connectivity index (χ2v) is 6.10. The molecule has 1 unspecified atom stereocenters. The van der Waals surface area contributed by atoms with Crippen LogP contribution in [0.4, 0.5) is 0 Å². The zero-order chi connectivity index (χ0) is 15.1. The van der Waals surface area contributed by atoms with Crippen molar-refractivity contribution >= 4 is 0 Å². The van der Waals surface area contributed by atoms with Crippen LogP contribution in [0, 0.1) is 5.92 Å². The van der Waals surface area contributed by atoms with E-state index in [1.54, 1.807) is 6.07 Å². The molecule has 1 aliphatic heterocycles. The molecule has 1 saturated heterocycles. The Hall–Kier alpha value is -1.22. The van der Waals surface area contributed by atoms with Gasteiger partial charge in [0.05, 0.1) is 6.61 Å². The standard InChI is InChI=1S/C18H29NO2/c1-3-6-15-7-5-11-19(12-10-15)14-16-8-9-17(20)18(13-16)21-4-2/h8-9,13,15,20H,3-7,10-12,14H2,1-2H3. The Balaban J connectivity index is 1.93. The molecule has 3 nitrogen and oxygen atoms in total. The van der Waals surface area contributed by atoms with Crippen molar-refractivity contribution in [3.05, 3.63) is 23.8 Å². The predicted octanol–water partition coefficient (Wildman–Crippen LogP) is 4.19. The Morgan fingerprint density at radius 1 is 1.24 bits per heavy atom. The number of likely N-dealkylation sites (tertiary alicyclic amines) is 1. The third-order valence-corrected chi connectivity index (χ3v) is 4.37. The summed E-state index contributed by atoms with van der Waals surface area (Å²) >= 11 is 0. The zero-order valence-electron chi connectivity index (χ0n) is 13.5. The quantitative estimate of drug-likeness (QED) is 0.853. The van der Waals surface area contributed by atoms with E-state index >= 15 is 0 Å². The topological polar surface area (TPSA) is 32.7 Å². The molecule has 1 fully saturated rings. The summed E-state index contributed by atoms with van der Waals surface area (Å²) < 4.78 is 5.47. The van der Waals surface area contributed by atoms with Crippen LogP contribution in [0.25, 0.3) is 0 Å². The van der Waals surface area contributed by atoms with Crippen LogP contribution in [-0.4, -0.2) is 29.7 Å². The van der Waals surface area contributed by atoms with E-state index in [2.05, 4.69) is 11.8 Å². The summed E-state index contributed by atoms with van der Waals surface area (Å²) in [4.78, 5) is 2.54. The summed E-state index contributed by atoms with van der Waals surface area (Å²) in [5.41, 5.74) is 1.23. The summed E-state index contributed by atoms with van der Waals surface area (Å²) in [5.74, 6) is 1.76. The van der Waals surface area contributed by atoms with E-state index < -0.39 is 0 Å². The van der Waals surface area contributed by atoms with E-state index in [4.69, 9.17) is 4.74 Å². The fourth-order valence-corrected chi connectivity index (χ4v) is 3.27. The average molecular weight is 291 g/mol. The smallest absolute Gasteiger partial charge is 0.161 e. The van der Waals surface area contributed by atoms with Crippen molar-refractivity contribution in [1.29, 1.82) is 0 Å². The maximum absolute atomic E-state index is 9.77. The predicted molar refractivity (Wildman–Crippen MR) is 86.8 cm³/mol. The van der Waals surface area contributed by atoms with Gasteiger partial charge in [-0.3, -0.25) is 4.90 Å². The molecule has 2 rings (SSSR count). The molecule has 1 aliphatic rings. The number of phenols is 1. The number of aromatic hydroxyl groups is 1. The van der Waals surface area contributed by atoms with Gasteiger partial charge in [-0.2, -0.15) is 0 Å². The fraction of sp³-hybridized carbons (Fsp3) is 0.667. The molecule has 0 saturated carbocycles. The molecule has 0 radical (unpaired) electrons. The Kier molecular flexibility index (Phi) is 6.37. The van der Waals surface area contributed by atoms with Crippen molar-refractivity contribution in [1.82, 2.24) is 4.90 Å². The largest absolute Gasteiger partial charge is 0.504 e. The van der Waals surface area contributed by atoms with Crippen molar-refractivity contribution < 1.29 is 9.84 Å². The van der Waals surface area contributed by atoms with Gasteiger partial charge in [0.1, 0.15) is 0 Å². The Bertz CT molecular complexity index is 433. The van der Waals surface area contributed by atoms with Crippen molar-refractivity contribution in [2.45, 2.75) is 52.5 Å². The molecule has 1 heterocycles. The molecule has 1 aromatic carbocycles. The Morgan fingerprint density at radius 2 is 2.10 bits per heavy atom. The third-order valence-electron chi connectivity index (χ3n) is 4.37. The lowest BCUT2D eigenvalue weighted by molar-refractivity contribution is 0.269. The minimum absolute atomic E-state index is 0.236. The van der Waals surface area contributed by atoms with Crippen LogP contribution in [0.5, 0.6) is 11.5 Å². The van der Waals surface area contributed by atoms with E-state index in [0.717, 1.165) is 12.5 Å². The van der Waals surface area contributed by atoms with Crippen LogP contribution in [0.1, 0.15) is 51.5 Å². The van der Waals surface area contributed by atoms with Crippen molar-refractivity contribution in [3.8, 4) is 11.5 Å². The molecule has 0 aromatic heterocycles. The van der Waals surface area contributed by atoms with Crippen LogP contribution < -0.4 is 4.74 Å². The number of ether oxygens (including phenoxy) is 1. The van der Waals surface area contributed by atoms with E-state index in [1.807, 2.05) is 19.1 Å². The minimum Gasteiger partial charge on any atom is -0.504 e. The lowest BCUT2D eigenvalue weighted by Crippen LogP contribution is -2.24. The van der Waals surface area contributed by atoms with Gasteiger partial charge in [0.25, 0.3) is 0 Å². The van der Waals surface area contributed by atoms with Gasteiger partial charge in [0.2, 0.25) is 0 Å². The summed E-state index contributed by atoms with van der Waals surface area (Å²) in [6.45, 7) is 8.14.